The SMILES string of the molecule is COc1cc(O)c(C2C(=O)N(C(c3ccccc3)c3ccccc3)c3ccccc32)cc1C.O=C1C(c2cc3c(cc2O)OCCO3)c2cccc(F)c2N1C(c1ccccc1)c1ccccc1. The minimum Gasteiger partial charge on any atom is -0.507 e. The van der Waals surface area contributed by atoms with E-state index in [1.54, 1.807) is 31.4 Å². The lowest BCUT2D eigenvalue weighted by atomic mass is 9.90. The number of para-hydroxylation sites is 2. The molecule has 3 aliphatic heterocycles. The number of aromatic hydroxyl groups is 2. The topological polar surface area (TPSA) is 109 Å². The Balaban J connectivity index is 0.000000159. The Hall–Kier alpha value is -8.37. The number of fused-ring (bicyclic) bond motifs is 3. The first-order valence-electron chi connectivity index (χ1n) is 22.5. The molecule has 9 nitrogen and oxygen atoms in total. The first-order chi connectivity index (χ1) is 33.2. The molecular formula is C58H47FN2O7. The number of halogens is 1. The molecule has 0 fully saturated rings. The normalized spacial score (nSPS) is 15.8. The molecule has 11 rings (SSSR count). The lowest BCUT2D eigenvalue weighted by molar-refractivity contribution is -0.119. The number of aryl methyl sites for hydroxylation is 1. The number of carbonyl (C=O) groups excluding carboxylic acids is 2. The molecule has 8 aromatic carbocycles. The van der Waals surface area contributed by atoms with Gasteiger partial charge >= 0.3 is 0 Å². The second kappa shape index (κ2) is 18.5. The second-order valence-electron chi connectivity index (χ2n) is 16.9. The van der Waals surface area contributed by atoms with E-state index < -0.39 is 23.7 Å². The van der Waals surface area contributed by atoms with Gasteiger partial charge in [-0.25, -0.2) is 4.39 Å². The standard InChI is InChI=1S/C29H22FNO4.C29H25NO3/c30-22-13-7-12-20-26(21-16-24-25(17-23(21)32)35-15-14-34-24)29(33)31(28(20)22)27(18-8-3-1-4-9-18)19-10-5-2-6-11-19;1-19-17-23(25(31)18-26(19)33-2)27-22-15-9-10-16-24(22)30(29(27)32)28(20-11-5-3-6-12-20)21-13-7-4-8-14-21/h1-13,16-17,26-27,32H,14-15H2;3-18,27-28,31H,1-2H3. The number of amides is 2. The fourth-order valence-corrected chi connectivity index (χ4v) is 9.87. The van der Waals surface area contributed by atoms with Crippen LogP contribution in [0.3, 0.4) is 0 Å². The molecule has 0 spiro atoms. The van der Waals surface area contributed by atoms with Crippen LogP contribution in [0.4, 0.5) is 15.8 Å². The molecule has 8 aromatic rings. The Morgan fingerprint density at radius 2 is 0.971 bits per heavy atom. The van der Waals surface area contributed by atoms with Crippen molar-refractivity contribution in [1.82, 2.24) is 0 Å². The summed E-state index contributed by atoms with van der Waals surface area (Å²) in [6.45, 7) is 2.67. The van der Waals surface area contributed by atoms with Crippen molar-refractivity contribution in [2.24, 2.45) is 0 Å². The molecule has 0 aromatic heterocycles. The van der Waals surface area contributed by atoms with E-state index in [0.717, 1.165) is 39.1 Å². The highest BCUT2D eigenvalue weighted by molar-refractivity contribution is 6.09. The number of phenols is 2. The summed E-state index contributed by atoms with van der Waals surface area (Å²) in [6, 6.07) is 57.5. The third kappa shape index (κ3) is 7.83. The van der Waals surface area contributed by atoms with Crippen molar-refractivity contribution in [3.8, 4) is 28.7 Å². The maximum absolute atomic E-state index is 15.5. The quantitative estimate of drug-likeness (QED) is 0.148. The molecule has 0 saturated carbocycles. The van der Waals surface area contributed by atoms with E-state index in [0.29, 0.717) is 47.2 Å². The molecule has 0 radical (unpaired) electrons. The van der Waals surface area contributed by atoms with Crippen molar-refractivity contribution in [3.63, 3.8) is 0 Å². The third-order valence-electron chi connectivity index (χ3n) is 12.9. The summed E-state index contributed by atoms with van der Waals surface area (Å²) in [7, 11) is 1.57. The van der Waals surface area contributed by atoms with Gasteiger partial charge in [-0.2, -0.15) is 0 Å². The number of methoxy groups -OCH3 is 1. The van der Waals surface area contributed by atoms with Gasteiger partial charge in [0, 0.05) is 28.9 Å². The van der Waals surface area contributed by atoms with Gasteiger partial charge in [0.05, 0.1) is 36.7 Å². The molecule has 68 heavy (non-hydrogen) atoms. The van der Waals surface area contributed by atoms with Crippen LogP contribution in [0.15, 0.2) is 188 Å². The summed E-state index contributed by atoms with van der Waals surface area (Å²) >= 11 is 0. The molecule has 3 heterocycles. The third-order valence-corrected chi connectivity index (χ3v) is 12.9. The molecule has 2 atom stereocenters. The van der Waals surface area contributed by atoms with Crippen molar-refractivity contribution in [2.45, 2.75) is 30.8 Å². The van der Waals surface area contributed by atoms with Crippen molar-refractivity contribution in [2.75, 3.05) is 30.1 Å². The van der Waals surface area contributed by atoms with Crippen LogP contribution in [0.1, 0.15) is 74.0 Å². The average Bonchev–Trinajstić information content (AvgIpc) is 3.83. The predicted octanol–water partition coefficient (Wildman–Crippen LogP) is 11.5. The van der Waals surface area contributed by atoms with Crippen LogP contribution in [0.2, 0.25) is 0 Å². The van der Waals surface area contributed by atoms with E-state index in [4.69, 9.17) is 14.2 Å². The van der Waals surface area contributed by atoms with Crippen LogP contribution in [0.25, 0.3) is 0 Å². The Kier molecular flexibility index (Phi) is 11.8. The maximum Gasteiger partial charge on any atom is 0.240 e. The molecule has 10 heteroatoms. The van der Waals surface area contributed by atoms with Crippen LogP contribution in [0, 0.1) is 12.7 Å². The van der Waals surface area contributed by atoms with Crippen molar-refractivity contribution in [1.29, 1.82) is 0 Å². The zero-order chi connectivity index (χ0) is 46.9. The number of anilines is 2. The van der Waals surface area contributed by atoms with Gasteiger partial charge in [-0.05, 0) is 70.1 Å². The summed E-state index contributed by atoms with van der Waals surface area (Å²) in [4.78, 5) is 31.8. The smallest absolute Gasteiger partial charge is 0.240 e. The van der Waals surface area contributed by atoms with Gasteiger partial charge in [0.2, 0.25) is 11.8 Å². The molecular weight excluding hydrogens is 856 g/mol. The largest absolute Gasteiger partial charge is 0.507 e. The monoisotopic (exact) mass is 902 g/mol. The Bertz CT molecular complexity index is 3050. The van der Waals surface area contributed by atoms with Crippen LogP contribution >= 0.6 is 0 Å². The van der Waals surface area contributed by atoms with E-state index in [1.165, 1.54) is 17.0 Å². The average molecular weight is 903 g/mol. The van der Waals surface area contributed by atoms with Crippen molar-refractivity contribution >= 4 is 23.2 Å². The minimum absolute atomic E-state index is 0.0587. The molecule has 338 valence electrons. The number of hydrogen-bond donors (Lipinski definition) is 2. The lowest BCUT2D eigenvalue weighted by Gasteiger charge is -2.30. The van der Waals surface area contributed by atoms with Gasteiger partial charge in [0.15, 0.2) is 11.5 Å². The first kappa shape index (κ1) is 43.5. The fourth-order valence-electron chi connectivity index (χ4n) is 9.87. The lowest BCUT2D eigenvalue weighted by Crippen LogP contribution is -2.34. The van der Waals surface area contributed by atoms with Crippen LogP contribution in [-0.2, 0) is 9.59 Å². The highest BCUT2D eigenvalue weighted by Crippen LogP contribution is 2.52. The van der Waals surface area contributed by atoms with E-state index in [-0.39, 0.29) is 35.0 Å². The number of nitrogens with zero attached hydrogens (tertiary/aromatic N) is 2. The Morgan fingerprint density at radius 1 is 0.529 bits per heavy atom. The van der Waals surface area contributed by atoms with Gasteiger partial charge in [0.1, 0.15) is 36.3 Å². The zero-order valence-corrected chi connectivity index (χ0v) is 37.3. The minimum atomic E-state index is -0.897. The van der Waals surface area contributed by atoms with Crippen molar-refractivity contribution < 1.29 is 38.4 Å². The summed E-state index contributed by atoms with van der Waals surface area (Å²) in [5.41, 5.74) is 8.05. The number of phenolic OH excluding ortho intramolecular Hbond substituents is 2. The van der Waals surface area contributed by atoms with E-state index >= 15 is 4.39 Å². The van der Waals surface area contributed by atoms with E-state index in [2.05, 4.69) is 24.3 Å². The molecule has 0 saturated heterocycles. The van der Waals surface area contributed by atoms with Crippen LogP contribution in [-0.4, -0.2) is 42.4 Å². The number of carbonyl (C=O) groups is 2. The van der Waals surface area contributed by atoms with Gasteiger partial charge in [0.25, 0.3) is 0 Å². The second-order valence-corrected chi connectivity index (χ2v) is 16.9. The number of ether oxygens (including phenoxy) is 3. The molecule has 0 bridgehead atoms. The van der Waals surface area contributed by atoms with Gasteiger partial charge in [-0.15, -0.1) is 0 Å². The molecule has 2 unspecified atom stereocenters. The Morgan fingerprint density at radius 3 is 1.53 bits per heavy atom. The predicted molar refractivity (Wildman–Crippen MR) is 259 cm³/mol. The fraction of sp³-hybridized carbons (Fsp3) is 0.138. The maximum atomic E-state index is 15.5. The summed E-state index contributed by atoms with van der Waals surface area (Å²) in [5, 5.41) is 21.8. The number of hydrogen-bond acceptors (Lipinski definition) is 7. The first-order valence-corrected chi connectivity index (χ1v) is 22.5. The molecule has 2 amide bonds. The highest BCUT2D eigenvalue weighted by atomic mass is 19.1. The van der Waals surface area contributed by atoms with Crippen LogP contribution < -0.4 is 24.0 Å². The van der Waals surface area contributed by atoms with E-state index in [9.17, 15) is 19.8 Å². The number of benzene rings is 8. The van der Waals surface area contributed by atoms with Crippen molar-refractivity contribution in [3.05, 3.63) is 244 Å². The number of rotatable bonds is 9. The van der Waals surface area contributed by atoms with Gasteiger partial charge in [-0.3, -0.25) is 19.4 Å². The molecule has 2 N–H and O–H groups in total. The zero-order valence-electron chi connectivity index (χ0n) is 37.3. The van der Waals surface area contributed by atoms with Crippen LogP contribution in [0.5, 0.6) is 28.7 Å². The van der Waals surface area contributed by atoms with Gasteiger partial charge < -0.3 is 24.4 Å². The highest BCUT2D eigenvalue weighted by Gasteiger charge is 2.46. The Labute approximate surface area is 393 Å². The van der Waals surface area contributed by atoms with Gasteiger partial charge in [-0.1, -0.05) is 152 Å². The summed E-state index contributed by atoms with van der Waals surface area (Å²) in [5.74, 6) is -0.938. The molecule has 0 aliphatic carbocycles. The van der Waals surface area contributed by atoms with E-state index in [1.807, 2.05) is 139 Å². The summed E-state index contributed by atoms with van der Waals surface area (Å²) < 4.78 is 32.1. The summed E-state index contributed by atoms with van der Waals surface area (Å²) in [6.07, 6.45) is 0. The molecule has 3 aliphatic rings.